The second-order valence-electron chi connectivity index (χ2n) is 7.32. The Morgan fingerprint density at radius 2 is 1.67 bits per heavy atom. The molecule has 1 fully saturated rings. The topological polar surface area (TPSA) is 37.2 Å². The van der Waals surface area contributed by atoms with Crippen LogP contribution in [0.15, 0.2) is 61.2 Å². The van der Waals surface area contributed by atoms with Crippen molar-refractivity contribution in [3.05, 3.63) is 77.9 Å². The molecule has 1 saturated heterocycles. The first kappa shape index (κ1) is 17.9. The van der Waals surface area contributed by atoms with Crippen LogP contribution in [0, 0.1) is 6.92 Å². The molecule has 5 heteroatoms. The number of aromatic nitrogens is 3. The highest BCUT2D eigenvalue weighted by molar-refractivity contribution is 5.39. The lowest BCUT2D eigenvalue weighted by Crippen LogP contribution is -2.30. The van der Waals surface area contributed by atoms with Crippen molar-refractivity contribution in [3.63, 3.8) is 0 Å². The minimum absolute atomic E-state index is 1.02. The van der Waals surface area contributed by atoms with Crippen molar-refractivity contribution < 1.29 is 0 Å². The lowest BCUT2D eigenvalue weighted by Gasteiger charge is -2.22. The van der Waals surface area contributed by atoms with E-state index in [1.165, 1.54) is 23.1 Å². The molecular formula is C22H27N5. The number of hydrogen-bond donors (Lipinski definition) is 0. The van der Waals surface area contributed by atoms with E-state index in [0.717, 1.165) is 45.0 Å². The van der Waals surface area contributed by atoms with Crippen molar-refractivity contribution in [1.29, 1.82) is 0 Å². The fraction of sp³-hybridized carbons (Fsp3) is 0.364. The van der Waals surface area contributed by atoms with E-state index in [4.69, 9.17) is 0 Å². The van der Waals surface area contributed by atoms with Gasteiger partial charge in [0.05, 0.1) is 5.69 Å². The summed E-state index contributed by atoms with van der Waals surface area (Å²) in [6, 6.07) is 12.9. The van der Waals surface area contributed by atoms with Gasteiger partial charge in [0.15, 0.2) is 0 Å². The summed E-state index contributed by atoms with van der Waals surface area (Å²) in [6.07, 6.45) is 8.79. The Balaban J connectivity index is 1.36. The van der Waals surface area contributed by atoms with Gasteiger partial charge in [0.25, 0.3) is 0 Å². The van der Waals surface area contributed by atoms with Gasteiger partial charge in [-0.25, -0.2) is 4.68 Å². The number of nitrogens with zero attached hydrogens (tertiary/aromatic N) is 5. The molecule has 1 aromatic carbocycles. The van der Waals surface area contributed by atoms with Crippen LogP contribution >= 0.6 is 0 Å². The average molecular weight is 361 g/mol. The first-order valence-electron chi connectivity index (χ1n) is 9.71. The maximum Gasteiger partial charge on any atom is 0.0648 e. The Hall–Kier alpha value is -2.50. The minimum atomic E-state index is 1.02. The Kier molecular flexibility index (Phi) is 5.61. The van der Waals surface area contributed by atoms with Crippen LogP contribution in [-0.2, 0) is 13.1 Å². The summed E-state index contributed by atoms with van der Waals surface area (Å²) < 4.78 is 1.92. The Morgan fingerprint density at radius 1 is 0.889 bits per heavy atom. The number of rotatable bonds is 5. The van der Waals surface area contributed by atoms with Crippen molar-refractivity contribution in [2.75, 3.05) is 26.2 Å². The van der Waals surface area contributed by atoms with E-state index in [1.54, 1.807) is 0 Å². The highest BCUT2D eigenvalue weighted by atomic mass is 15.3. The standard InChI is InChI=1S/C22H27N5/c1-19-16-22(27-13-2-8-24-27)5-4-21(19)18-26-12-3-11-25(14-15-26)17-20-6-9-23-10-7-20/h2,4-10,13,16H,3,11-12,14-15,17-18H2,1H3. The van der Waals surface area contributed by atoms with Crippen molar-refractivity contribution in [3.8, 4) is 5.69 Å². The molecule has 0 saturated carbocycles. The third-order valence-corrected chi connectivity index (χ3v) is 5.33. The minimum Gasteiger partial charge on any atom is -0.298 e. The van der Waals surface area contributed by atoms with Gasteiger partial charge in [-0.1, -0.05) is 6.07 Å². The van der Waals surface area contributed by atoms with Gasteiger partial charge in [0.2, 0.25) is 0 Å². The van der Waals surface area contributed by atoms with E-state index in [0.29, 0.717) is 0 Å². The fourth-order valence-electron chi connectivity index (χ4n) is 3.75. The van der Waals surface area contributed by atoms with E-state index >= 15 is 0 Å². The highest BCUT2D eigenvalue weighted by Gasteiger charge is 2.16. The number of aryl methyl sites for hydroxylation is 1. The third kappa shape index (κ3) is 4.62. The van der Waals surface area contributed by atoms with Crippen LogP contribution in [0.2, 0.25) is 0 Å². The lowest BCUT2D eigenvalue weighted by molar-refractivity contribution is 0.247. The predicted molar refractivity (Wildman–Crippen MR) is 108 cm³/mol. The van der Waals surface area contributed by atoms with Crippen molar-refractivity contribution in [1.82, 2.24) is 24.6 Å². The van der Waals surface area contributed by atoms with Gasteiger partial charge in [-0.05, 0) is 73.5 Å². The van der Waals surface area contributed by atoms with Crippen LogP contribution < -0.4 is 0 Å². The van der Waals surface area contributed by atoms with Crippen LogP contribution in [0.25, 0.3) is 5.69 Å². The second-order valence-corrected chi connectivity index (χ2v) is 7.32. The Bertz CT molecular complexity index is 844. The van der Waals surface area contributed by atoms with Crippen LogP contribution in [0.4, 0.5) is 0 Å². The summed E-state index contributed by atoms with van der Waals surface area (Å²) in [4.78, 5) is 9.26. The second kappa shape index (κ2) is 8.46. The molecule has 0 radical (unpaired) electrons. The normalized spacial score (nSPS) is 16.3. The van der Waals surface area contributed by atoms with E-state index in [9.17, 15) is 0 Å². The first-order valence-corrected chi connectivity index (χ1v) is 9.71. The molecule has 1 aliphatic rings. The molecule has 140 valence electrons. The van der Waals surface area contributed by atoms with E-state index in [2.05, 4.69) is 57.1 Å². The maximum atomic E-state index is 4.32. The summed E-state index contributed by atoms with van der Waals surface area (Å²) in [5.41, 5.74) is 5.22. The predicted octanol–water partition coefficient (Wildman–Crippen LogP) is 3.28. The quantitative estimate of drug-likeness (QED) is 0.699. The summed E-state index contributed by atoms with van der Waals surface area (Å²) >= 11 is 0. The first-order chi connectivity index (χ1) is 13.3. The average Bonchev–Trinajstić information content (AvgIpc) is 3.14. The molecule has 0 N–H and O–H groups in total. The molecule has 0 unspecified atom stereocenters. The van der Waals surface area contributed by atoms with Crippen LogP contribution in [-0.4, -0.2) is 50.7 Å². The molecule has 1 aliphatic heterocycles. The number of pyridine rings is 1. The Morgan fingerprint density at radius 3 is 2.37 bits per heavy atom. The van der Waals surface area contributed by atoms with E-state index in [-0.39, 0.29) is 0 Å². The number of hydrogen-bond acceptors (Lipinski definition) is 4. The fourth-order valence-corrected chi connectivity index (χ4v) is 3.75. The van der Waals surface area contributed by atoms with Crippen LogP contribution in [0.5, 0.6) is 0 Å². The molecule has 3 aromatic rings. The summed E-state index contributed by atoms with van der Waals surface area (Å²) in [5, 5.41) is 4.32. The van der Waals surface area contributed by atoms with Gasteiger partial charge in [0, 0.05) is 51.0 Å². The molecule has 0 atom stereocenters. The van der Waals surface area contributed by atoms with Crippen molar-refractivity contribution in [2.24, 2.45) is 0 Å². The molecule has 0 spiro atoms. The molecule has 2 aromatic heterocycles. The van der Waals surface area contributed by atoms with Crippen molar-refractivity contribution in [2.45, 2.75) is 26.4 Å². The molecule has 0 bridgehead atoms. The molecule has 0 amide bonds. The van der Waals surface area contributed by atoms with Crippen LogP contribution in [0.1, 0.15) is 23.1 Å². The SMILES string of the molecule is Cc1cc(-n2cccn2)ccc1CN1CCCN(Cc2ccncc2)CC1. The van der Waals surface area contributed by atoms with Gasteiger partial charge in [0.1, 0.15) is 0 Å². The van der Waals surface area contributed by atoms with E-state index in [1.807, 2.05) is 35.5 Å². The molecule has 4 rings (SSSR count). The zero-order chi connectivity index (χ0) is 18.5. The zero-order valence-electron chi connectivity index (χ0n) is 16.0. The smallest absolute Gasteiger partial charge is 0.0648 e. The molecular weight excluding hydrogens is 334 g/mol. The molecule has 5 nitrogen and oxygen atoms in total. The van der Waals surface area contributed by atoms with Crippen molar-refractivity contribution >= 4 is 0 Å². The van der Waals surface area contributed by atoms with E-state index < -0.39 is 0 Å². The molecule has 0 aliphatic carbocycles. The van der Waals surface area contributed by atoms with Gasteiger partial charge in [-0.3, -0.25) is 14.8 Å². The van der Waals surface area contributed by atoms with Gasteiger partial charge >= 0.3 is 0 Å². The Labute approximate surface area is 161 Å². The summed E-state index contributed by atoms with van der Waals surface area (Å²) in [6.45, 7) is 8.81. The van der Waals surface area contributed by atoms with Gasteiger partial charge < -0.3 is 0 Å². The summed E-state index contributed by atoms with van der Waals surface area (Å²) in [7, 11) is 0. The van der Waals surface area contributed by atoms with Gasteiger partial charge in [-0.2, -0.15) is 5.10 Å². The zero-order valence-corrected chi connectivity index (χ0v) is 16.0. The summed E-state index contributed by atoms with van der Waals surface area (Å²) in [5.74, 6) is 0. The lowest BCUT2D eigenvalue weighted by atomic mass is 10.1. The third-order valence-electron chi connectivity index (χ3n) is 5.33. The highest BCUT2D eigenvalue weighted by Crippen LogP contribution is 2.17. The van der Waals surface area contributed by atoms with Gasteiger partial charge in [-0.15, -0.1) is 0 Å². The number of benzene rings is 1. The molecule has 27 heavy (non-hydrogen) atoms. The monoisotopic (exact) mass is 361 g/mol. The largest absolute Gasteiger partial charge is 0.298 e. The van der Waals surface area contributed by atoms with Crippen LogP contribution in [0.3, 0.4) is 0 Å². The maximum absolute atomic E-state index is 4.32. The molecule has 3 heterocycles.